The number of rotatable bonds is 8. The number of sulfone groups is 1. The number of nitrogens with one attached hydrogen (secondary N) is 1. The summed E-state index contributed by atoms with van der Waals surface area (Å²) < 4.78 is 35.0. The molecule has 2 aromatic heterocycles. The zero-order valence-electron chi connectivity index (χ0n) is 19.7. The molecule has 3 heterocycles. The zero-order chi connectivity index (χ0) is 25.9. The number of carbonyl (C=O) groups is 3. The van der Waals surface area contributed by atoms with E-state index in [1.807, 2.05) is 6.92 Å². The second-order valence-corrected chi connectivity index (χ2v) is 11.8. The number of aryl methyl sites for hydroxylation is 2. The summed E-state index contributed by atoms with van der Waals surface area (Å²) in [5, 5.41) is 7.47. The van der Waals surface area contributed by atoms with Crippen molar-refractivity contribution in [2.75, 3.05) is 30.0 Å². The summed E-state index contributed by atoms with van der Waals surface area (Å²) in [7, 11) is -3.11. The van der Waals surface area contributed by atoms with Crippen LogP contribution in [0.5, 0.6) is 0 Å². The molecule has 1 aliphatic rings. The highest BCUT2D eigenvalue weighted by Crippen LogP contribution is 2.33. The first kappa shape index (κ1) is 26.9. The van der Waals surface area contributed by atoms with Gasteiger partial charge in [-0.05, 0) is 45.8 Å². The lowest BCUT2D eigenvalue weighted by atomic mass is 10.1. The summed E-state index contributed by atoms with van der Waals surface area (Å²) in [6, 6.07) is -0.354. The molecule has 2 aromatic rings. The van der Waals surface area contributed by atoms with Crippen molar-refractivity contribution in [3.05, 3.63) is 38.5 Å². The number of aromatic nitrogens is 2. The van der Waals surface area contributed by atoms with Crippen LogP contribution in [-0.2, 0) is 28.9 Å². The second kappa shape index (κ2) is 10.9. The van der Waals surface area contributed by atoms with Gasteiger partial charge in [-0.3, -0.25) is 4.79 Å². The van der Waals surface area contributed by atoms with E-state index in [-0.39, 0.29) is 34.9 Å². The van der Waals surface area contributed by atoms with Crippen LogP contribution in [0.4, 0.5) is 5.00 Å². The molecule has 0 saturated carbocycles. The average Bonchev–Trinajstić information content (AvgIpc) is 3.38. The van der Waals surface area contributed by atoms with Gasteiger partial charge in [0.05, 0.1) is 35.4 Å². The van der Waals surface area contributed by atoms with Gasteiger partial charge >= 0.3 is 11.9 Å². The van der Waals surface area contributed by atoms with E-state index < -0.39 is 34.3 Å². The minimum Gasteiger partial charge on any atom is -0.462 e. The van der Waals surface area contributed by atoms with Crippen LogP contribution in [0.15, 0.2) is 6.08 Å². The molecule has 1 amide bonds. The molecule has 1 saturated heterocycles. The fourth-order valence-electron chi connectivity index (χ4n) is 3.59. The summed E-state index contributed by atoms with van der Waals surface area (Å²) in [6.45, 7) is 6.61. The van der Waals surface area contributed by atoms with Crippen molar-refractivity contribution < 1.29 is 32.3 Å². The van der Waals surface area contributed by atoms with Crippen molar-refractivity contribution >= 4 is 61.7 Å². The number of nitrogens with zero attached hydrogens (tertiary/aromatic N) is 2. The fourth-order valence-corrected chi connectivity index (χ4v) is 6.73. The van der Waals surface area contributed by atoms with Crippen LogP contribution in [-0.4, -0.2) is 60.8 Å². The van der Waals surface area contributed by atoms with Crippen LogP contribution < -0.4 is 5.32 Å². The Hall–Kier alpha value is -2.70. The van der Waals surface area contributed by atoms with Gasteiger partial charge in [-0.2, -0.15) is 5.10 Å². The third kappa shape index (κ3) is 6.30. The molecular weight excluding hydrogens is 518 g/mol. The maximum atomic E-state index is 12.3. The van der Waals surface area contributed by atoms with Crippen molar-refractivity contribution in [2.24, 2.45) is 0 Å². The molecule has 0 unspecified atom stereocenters. The molecule has 0 aromatic carbocycles. The van der Waals surface area contributed by atoms with Crippen LogP contribution in [0.2, 0.25) is 5.15 Å². The predicted octanol–water partition coefficient (Wildman–Crippen LogP) is 3.25. The maximum Gasteiger partial charge on any atom is 0.341 e. The van der Waals surface area contributed by atoms with Gasteiger partial charge in [0.15, 0.2) is 16.4 Å². The standard InChI is InChI=1S/C22H26ClN3O7S2/c1-5-32-22(29)19-12(2)14(4)34-21(19)24-17(27)10-33-18(28)7-6-16-13(3)25-26(20(16)23)15-8-9-35(30,31)11-15/h6-7,15H,5,8-11H2,1-4H3,(H,24,27)/b7-6+/t15-/m0/s1. The van der Waals surface area contributed by atoms with E-state index in [0.717, 1.165) is 11.0 Å². The van der Waals surface area contributed by atoms with Crippen LogP contribution in [0.25, 0.3) is 6.08 Å². The number of hydrogen-bond donors (Lipinski definition) is 1. The molecule has 35 heavy (non-hydrogen) atoms. The Morgan fingerprint density at radius 1 is 1.26 bits per heavy atom. The first-order valence-corrected chi connectivity index (χ1v) is 13.8. The molecule has 13 heteroatoms. The van der Waals surface area contributed by atoms with Crippen LogP contribution in [0.3, 0.4) is 0 Å². The quantitative estimate of drug-likeness (QED) is 0.396. The van der Waals surface area contributed by atoms with E-state index >= 15 is 0 Å². The Kier molecular flexibility index (Phi) is 8.39. The number of thiophene rings is 1. The Balaban J connectivity index is 1.61. The molecule has 1 atom stereocenters. The first-order valence-electron chi connectivity index (χ1n) is 10.8. The lowest BCUT2D eigenvalue weighted by molar-refractivity contribution is -0.142. The minimum atomic E-state index is -3.11. The number of anilines is 1. The van der Waals surface area contributed by atoms with Gasteiger partial charge in [-0.15, -0.1) is 11.3 Å². The lowest BCUT2D eigenvalue weighted by Crippen LogP contribution is -2.21. The number of ether oxygens (including phenoxy) is 2. The second-order valence-electron chi connectivity index (χ2n) is 7.99. The summed E-state index contributed by atoms with van der Waals surface area (Å²) in [5.41, 5.74) is 1.98. The molecule has 10 nitrogen and oxygen atoms in total. The smallest absolute Gasteiger partial charge is 0.341 e. The number of carbonyl (C=O) groups excluding carboxylic acids is 3. The van der Waals surface area contributed by atoms with E-state index in [1.165, 1.54) is 22.1 Å². The molecule has 3 rings (SSSR count). The number of halogens is 1. The van der Waals surface area contributed by atoms with Crippen molar-refractivity contribution in [2.45, 2.75) is 40.2 Å². The highest BCUT2D eigenvalue weighted by molar-refractivity contribution is 7.91. The molecule has 0 radical (unpaired) electrons. The molecule has 0 aliphatic carbocycles. The van der Waals surface area contributed by atoms with E-state index in [4.69, 9.17) is 21.1 Å². The van der Waals surface area contributed by atoms with E-state index in [2.05, 4.69) is 10.4 Å². The third-order valence-electron chi connectivity index (χ3n) is 5.47. The summed E-state index contributed by atoms with van der Waals surface area (Å²) in [4.78, 5) is 37.6. The van der Waals surface area contributed by atoms with Crippen molar-refractivity contribution in [1.82, 2.24) is 9.78 Å². The van der Waals surface area contributed by atoms with Gasteiger partial charge in [0.1, 0.15) is 10.2 Å². The topological polar surface area (TPSA) is 134 Å². The molecule has 1 fully saturated rings. The van der Waals surface area contributed by atoms with Gasteiger partial charge < -0.3 is 14.8 Å². The Morgan fingerprint density at radius 2 is 1.97 bits per heavy atom. The first-order chi connectivity index (χ1) is 16.4. The summed E-state index contributed by atoms with van der Waals surface area (Å²) in [6.07, 6.45) is 2.95. The van der Waals surface area contributed by atoms with E-state index in [0.29, 0.717) is 28.2 Å². The number of amides is 1. The summed E-state index contributed by atoms with van der Waals surface area (Å²) >= 11 is 7.62. The van der Waals surface area contributed by atoms with Crippen LogP contribution in [0, 0.1) is 20.8 Å². The maximum absolute atomic E-state index is 12.3. The molecule has 1 N–H and O–H groups in total. The Bertz CT molecular complexity index is 1290. The van der Waals surface area contributed by atoms with Crippen molar-refractivity contribution in [3.8, 4) is 0 Å². The summed E-state index contributed by atoms with van der Waals surface area (Å²) in [5.74, 6) is -1.88. The van der Waals surface area contributed by atoms with Gasteiger partial charge in [-0.25, -0.2) is 22.7 Å². The molecular formula is C22H26ClN3O7S2. The van der Waals surface area contributed by atoms with Crippen molar-refractivity contribution in [1.29, 1.82) is 0 Å². The Labute approximate surface area is 212 Å². The van der Waals surface area contributed by atoms with Gasteiger partial charge in [0, 0.05) is 16.5 Å². The highest BCUT2D eigenvalue weighted by atomic mass is 35.5. The molecule has 0 bridgehead atoms. The third-order valence-corrected chi connectivity index (χ3v) is 8.72. The van der Waals surface area contributed by atoms with E-state index in [9.17, 15) is 22.8 Å². The van der Waals surface area contributed by atoms with Gasteiger partial charge in [-0.1, -0.05) is 11.6 Å². The Morgan fingerprint density at radius 3 is 2.60 bits per heavy atom. The average molecular weight is 544 g/mol. The van der Waals surface area contributed by atoms with Gasteiger partial charge in [0.2, 0.25) is 0 Å². The SMILES string of the molecule is CCOC(=O)c1c(NC(=O)COC(=O)/C=C/c2c(C)nn([C@H]3CCS(=O)(=O)C3)c2Cl)sc(C)c1C. The number of hydrogen-bond acceptors (Lipinski definition) is 9. The predicted molar refractivity (Wildman–Crippen MR) is 133 cm³/mol. The molecule has 0 spiro atoms. The van der Waals surface area contributed by atoms with E-state index in [1.54, 1.807) is 20.8 Å². The number of esters is 2. The van der Waals surface area contributed by atoms with Crippen LogP contribution >= 0.6 is 22.9 Å². The zero-order valence-corrected chi connectivity index (χ0v) is 22.1. The molecule has 1 aliphatic heterocycles. The van der Waals surface area contributed by atoms with Crippen molar-refractivity contribution in [3.63, 3.8) is 0 Å². The monoisotopic (exact) mass is 543 g/mol. The fraction of sp³-hybridized carbons (Fsp3) is 0.455. The largest absolute Gasteiger partial charge is 0.462 e. The van der Waals surface area contributed by atoms with Crippen LogP contribution in [0.1, 0.15) is 51.4 Å². The lowest BCUT2D eigenvalue weighted by Gasteiger charge is -2.09. The highest BCUT2D eigenvalue weighted by Gasteiger charge is 2.31. The normalized spacial score (nSPS) is 17.0. The molecule has 190 valence electrons. The minimum absolute atomic E-state index is 0.0324. The van der Waals surface area contributed by atoms with Gasteiger partial charge in [0.25, 0.3) is 5.91 Å².